The molecule has 3 heteroatoms. The van der Waals surface area contributed by atoms with Gasteiger partial charge in [0.1, 0.15) is 0 Å². The van der Waals surface area contributed by atoms with Gasteiger partial charge in [-0.2, -0.15) is 0 Å². The van der Waals surface area contributed by atoms with Gasteiger partial charge in [0.05, 0.1) is 19.3 Å². The maximum atomic E-state index is 5.34. The quantitative estimate of drug-likeness (QED) is 0.781. The van der Waals surface area contributed by atoms with Crippen LogP contribution < -0.4 is 4.90 Å². The molecule has 1 aliphatic rings. The van der Waals surface area contributed by atoms with Crippen molar-refractivity contribution in [2.75, 3.05) is 38.3 Å². The molecule has 1 aromatic rings. The first-order chi connectivity index (χ1) is 7.81. The van der Waals surface area contributed by atoms with Crippen LogP contribution in [0.3, 0.4) is 0 Å². The van der Waals surface area contributed by atoms with Crippen LogP contribution in [0.1, 0.15) is 18.6 Å². The van der Waals surface area contributed by atoms with Crippen LogP contribution in [0.5, 0.6) is 0 Å². The van der Waals surface area contributed by atoms with E-state index in [1.165, 1.54) is 11.3 Å². The molecule has 88 valence electrons. The molecule has 0 aromatic heterocycles. The van der Waals surface area contributed by atoms with E-state index in [0.29, 0.717) is 0 Å². The highest BCUT2D eigenvalue weighted by Gasteiger charge is 2.11. The lowest BCUT2D eigenvalue weighted by molar-refractivity contribution is 0.119. The highest BCUT2D eigenvalue weighted by Crippen LogP contribution is 2.21. The number of hydrogen-bond donors (Lipinski definition) is 0. The molecular formula is C13H19NO2. The summed E-state index contributed by atoms with van der Waals surface area (Å²) in [5, 5.41) is 0. The van der Waals surface area contributed by atoms with E-state index >= 15 is 0 Å². The minimum atomic E-state index is 0.165. The molecule has 1 atom stereocenters. The van der Waals surface area contributed by atoms with Crippen molar-refractivity contribution < 1.29 is 9.47 Å². The van der Waals surface area contributed by atoms with Crippen molar-refractivity contribution in [2.24, 2.45) is 0 Å². The monoisotopic (exact) mass is 221 g/mol. The van der Waals surface area contributed by atoms with Gasteiger partial charge < -0.3 is 14.4 Å². The van der Waals surface area contributed by atoms with E-state index in [4.69, 9.17) is 9.47 Å². The van der Waals surface area contributed by atoms with Gasteiger partial charge in [-0.1, -0.05) is 12.1 Å². The molecule has 1 saturated heterocycles. The smallest absolute Gasteiger partial charge is 0.0793 e. The minimum absolute atomic E-state index is 0.165. The fraction of sp³-hybridized carbons (Fsp3) is 0.538. The van der Waals surface area contributed by atoms with Gasteiger partial charge in [-0.15, -0.1) is 0 Å². The first-order valence-corrected chi connectivity index (χ1v) is 5.76. The Bertz CT molecular complexity index is 317. The third-order valence-corrected chi connectivity index (χ3v) is 3.09. The maximum Gasteiger partial charge on any atom is 0.0793 e. The number of anilines is 1. The number of methoxy groups -OCH3 is 1. The molecule has 1 aromatic carbocycles. The van der Waals surface area contributed by atoms with E-state index < -0.39 is 0 Å². The summed E-state index contributed by atoms with van der Waals surface area (Å²) in [5.41, 5.74) is 2.50. The minimum Gasteiger partial charge on any atom is -0.378 e. The van der Waals surface area contributed by atoms with Crippen molar-refractivity contribution in [1.29, 1.82) is 0 Å². The molecule has 0 saturated carbocycles. The number of morpholine rings is 1. The van der Waals surface area contributed by atoms with Gasteiger partial charge >= 0.3 is 0 Å². The van der Waals surface area contributed by atoms with E-state index in [1.54, 1.807) is 7.11 Å². The Morgan fingerprint density at radius 2 is 1.81 bits per heavy atom. The van der Waals surface area contributed by atoms with E-state index in [-0.39, 0.29) is 6.10 Å². The number of nitrogens with zero attached hydrogens (tertiary/aromatic N) is 1. The third-order valence-electron chi connectivity index (χ3n) is 3.09. The number of ether oxygens (including phenoxy) is 2. The molecule has 0 amide bonds. The zero-order chi connectivity index (χ0) is 11.4. The number of rotatable bonds is 3. The molecule has 16 heavy (non-hydrogen) atoms. The van der Waals surface area contributed by atoms with Crippen LogP contribution in [0, 0.1) is 0 Å². The summed E-state index contributed by atoms with van der Waals surface area (Å²) < 4.78 is 10.6. The molecule has 1 heterocycles. The number of benzene rings is 1. The molecule has 1 fully saturated rings. The molecule has 0 spiro atoms. The first-order valence-electron chi connectivity index (χ1n) is 5.76. The summed E-state index contributed by atoms with van der Waals surface area (Å²) >= 11 is 0. The maximum absolute atomic E-state index is 5.34. The van der Waals surface area contributed by atoms with Crippen molar-refractivity contribution in [3.63, 3.8) is 0 Å². The van der Waals surface area contributed by atoms with E-state index in [1.807, 2.05) is 0 Å². The Morgan fingerprint density at radius 3 is 2.38 bits per heavy atom. The molecule has 1 unspecified atom stereocenters. The van der Waals surface area contributed by atoms with Gasteiger partial charge in [0.25, 0.3) is 0 Å². The summed E-state index contributed by atoms with van der Waals surface area (Å²) in [4.78, 5) is 2.35. The third kappa shape index (κ3) is 2.54. The molecule has 0 bridgehead atoms. The summed E-state index contributed by atoms with van der Waals surface area (Å²) in [7, 11) is 1.74. The fourth-order valence-electron chi connectivity index (χ4n) is 1.91. The van der Waals surface area contributed by atoms with E-state index in [2.05, 4.69) is 36.1 Å². The Labute approximate surface area is 97.0 Å². The normalized spacial score (nSPS) is 18.5. The lowest BCUT2D eigenvalue weighted by Crippen LogP contribution is -2.36. The van der Waals surface area contributed by atoms with Gasteiger partial charge in [0.2, 0.25) is 0 Å². The fourth-order valence-corrected chi connectivity index (χ4v) is 1.91. The van der Waals surface area contributed by atoms with Gasteiger partial charge in [-0.05, 0) is 24.6 Å². The Morgan fingerprint density at radius 1 is 1.19 bits per heavy atom. The average molecular weight is 221 g/mol. The van der Waals surface area contributed by atoms with Gasteiger partial charge in [0, 0.05) is 25.9 Å². The molecule has 0 radical (unpaired) electrons. The Balaban J connectivity index is 2.06. The van der Waals surface area contributed by atoms with Crippen LogP contribution in [-0.2, 0) is 9.47 Å². The van der Waals surface area contributed by atoms with Gasteiger partial charge in [-0.3, -0.25) is 0 Å². The lowest BCUT2D eigenvalue weighted by Gasteiger charge is -2.29. The predicted molar refractivity (Wildman–Crippen MR) is 64.9 cm³/mol. The Hall–Kier alpha value is -1.06. The number of hydrogen-bond acceptors (Lipinski definition) is 3. The molecular weight excluding hydrogens is 202 g/mol. The topological polar surface area (TPSA) is 21.7 Å². The summed E-state index contributed by atoms with van der Waals surface area (Å²) in [6, 6.07) is 8.60. The molecule has 0 N–H and O–H groups in total. The van der Waals surface area contributed by atoms with Crippen LogP contribution >= 0.6 is 0 Å². The van der Waals surface area contributed by atoms with Crippen LogP contribution in [0.4, 0.5) is 5.69 Å². The van der Waals surface area contributed by atoms with Crippen molar-refractivity contribution >= 4 is 5.69 Å². The molecule has 1 aliphatic heterocycles. The second-order valence-electron chi connectivity index (χ2n) is 4.07. The van der Waals surface area contributed by atoms with E-state index in [9.17, 15) is 0 Å². The highest BCUT2D eigenvalue weighted by molar-refractivity contribution is 5.48. The van der Waals surface area contributed by atoms with Crippen LogP contribution in [0.15, 0.2) is 24.3 Å². The second-order valence-corrected chi connectivity index (χ2v) is 4.07. The average Bonchev–Trinajstić information content (AvgIpc) is 2.39. The highest BCUT2D eigenvalue weighted by atomic mass is 16.5. The summed E-state index contributed by atoms with van der Waals surface area (Å²) in [6.07, 6.45) is 0.165. The van der Waals surface area contributed by atoms with Crippen LogP contribution in [0.2, 0.25) is 0 Å². The predicted octanol–water partition coefficient (Wildman–Crippen LogP) is 2.23. The first kappa shape index (κ1) is 11.4. The SMILES string of the molecule is COC(C)c1ccc(N2CCOCC2)cc1. The molecule has 0 aliphatic carbocycles. The largest absolute Gasteiger partial charge is 0.378 e. The summed E-state index contributed by atoms with van der Waals surface area (Å²) in [6.45, 7) is 5.69. The van der Waals surface area contributed by atoms with Crippen molar-refractivity contribution in [3.05, 3.63) is 29.8 Å². The van der Waals surface area contributed by atoms with Crippen molar-refractivity contribution in [2.45, 2.75) is 13.0 Å². The van der Waals surface area contributed by atoms with Gasteiger partial charge in [0.15, 0.2) is 0 Å². The van der Waals surface area contributed by atoms with E-state index in [0.717, 1.165) is 26.3 Å². The van der Waals surface area contributed by atoms with Crippen LogP contribution in [-0.4, -0.2) is 33.4 Å². The van der Waals surface area contributed by atoms with Crippen LogP contribution in [0.25, 0.3) is 0 Å². The molecule has 3 nitrogen and oxygen atoms in total. The lowest BCUT2D eigenvalue weighted by atomic mass is 10.1. The Kier molecular flexibility index (Phi) is 3.80. The zero-order valence-electron chi connectivity index (χ0n) is 9.98. The molecule has 2 rings (SSSR count). The standard InChI is InChI=1S/C13H19NO2/c1-11(15-2)12-3-5-13(6-4-12)14-7-9-16-10-8-14/h3-6,11H,7-10H2,1-2H3. The van der Waals surface area contributed by atoms with Crippen molar-refractivity contribution in [3.8, 4) is 0 Å². The second kappa shape index (κ2) is 5.32. The zero-order valence-corrected chi connectivity index (χ0v) is 9.98. The van der Waals surface area contributed by atoms with Crippen molar-refractivity contribution in [1.82, 2.24) is 0 Å². The summed E-state index contributed by atoms with van der Waals surface area (Å²) in [5.74, 6) is 0. The van der Waals surface area contributed by atoms with Gasteiger partial charge in [-0.25, -0.2) is 0 Å².